The molecule has 2 saturated heterocycles. The summed E-state index contributed by atoms with van der Waals surface area (Å²) in [4.78, 5) is 21.4. The van der Waals surface area contributed by atoms with Crippen molar-refractivity contribution in [3.05, 3.63) is 78.3 Å². The molecule has 5 rings (SSSR count). The highest BCUT2D eigenvalue weighted by Crippen LogP contribution is 2.30. The molecule has 0 unspecified atom stereocenters. The minimum Gasteiger partial charge on any atom is -0.444 e. The molecule has 3 heterocycles. The van der Waals surface area contributed by atoms with Crippen LogP contribution in [-0.4, -0.2) is 59.6 Å². The van der Waals surface area contributed by atoms with Crippen molar-refractivity contribution < 1.29 is 13.9 Å². The van der Waals surface area contributed by atoms with E-state index in [1.165, 1.54) is 12.0 Å². The van der Waals surface area contributed by atoms with Crippen LogP contribution in [0.5, 0.6) is 0 Å². The summed E-state index contributed by atoms with van der Waals surface area (Å²) in [6, 6.07) is 18.5. The summed E-state index contributed by atoms with van der Waals surface area (Å²) in [7, 11) is 0. The average Bonchev–Trinajstić information content (AvgIpc) is 3.33. The number of aromatic nitrogens is 1. The number of hydrogen-bond acceptors (Lipinski definition) is 5. The molecule has 29 heavy (non-hydrogen) atoms. The van der Waals surface area contributed by atoms with Crippen molar-refractivity contribution in [3.63, 3.8) is 0 Å². The van der Waals surface area contributed by atoms with Crippen molar-refractivity contribution in [1.29, 1.82) is 0 Å². The van der Waals surface area contributed by atoms with E-state index in [4.69, 9.17) is 9.15 Å². The molecule has 1 aromatic heterocycles. The Kier molecular flexibility index (Phi) is 4.87. The van der Waals surface area contributed by atoms with Crippen LogP contribution in [0.15, 0.2) is 71.6 Å². The van der Waals surface area contributed by atoms with Crippen LogP contribution in [-0.2, 0) is 4.74 Å². The van der Waals surface area contributed by atoms with Gasteiger partial charge < -0.3 is 14.1 Å². The zero-order valence-corrected chi connectivity index (χ0v) is 16.1. The average molecular weight is 389 g/mol. The number of benzene rings is 2. The lowest BCUT2D eigenvalue weighted by molar-refractivity contribution is -0.0770. The summed E-state index contributed by atoms with van der Waals surface area (Å²) in [6.45, 7) is 3.64. The van der Waals surface area contributed by atoms with E-state index in [0.29, 0.717) is 31.1 Å². The van der Waals surface area contributed by atoms with Crippen LogP contribution in [0.2, 0.25) is 0 Å². The molecule has 3 aromatic rings. The van der Waals surface area contributed by atoms with Crippen molar-refractivity contribution in [2.24, 2.45) is 0 Å². The maximum Gasteiger partial charge on any atom is 0.253 e. The van der Waals surface area contributed by atoms with Gasteiger partial charge in [0.1, 0.15) is 0 Å². The van der Waals surface area contributed by atoms with E-state index in [-0.39, 0.29) is 18.0 Å². The van der Waals surface area contributed by atoms with Crippen LogP contribution in [0.4, 0.5) is 0 Å². The van der Waals surface area contributed by atoms with Crippen molar-refractivity contribution in [2.75, 3.05) is 32.8 Å². The number of fused-ring (bicyclic) bond motifs is 1. The first-order valence-corrected chi connectivity index (χ1v) is 9.96. The number of carbonyl (C=O) groups excluding carboxylic acids is 1. The molecular weight excluding hydrogens is 366 g/mol. The predicted octanol–water partition coefficient (Wildman–Crippen LogP) is 3.24. The standard InChI is InChI=1S/C23H23N3O3/c27-23(19-8-6-18(7-9-19)22-12-24-16-29-22)25-10-11-26-20(13-25)14-28-15-21(26)17-4-2-1-3-5-17/h1-9,12,16,20-21H,10-11,13-15H2/t20-,21-/m1/s1. The predicted molar refractivity (Wildman–Crippen MR) is 108 cm³/mol. The van der Waals surface area contributed by atoms with Gasteiger partial charge in [-0.05, 0) is 17.7 Å². The number of morpholine rings is 1. The maximum absolute atomic E-state index is 13.1. The van der Waals surface area contributed by atoms with Gasteiger partial charge in [-0.3, -0.25) is 9.69 Å². The number of ether oxygens (including phenoxy) is 1. The van der Waals surface area contributed by atoms with Crippen LogP contribution in [0.25, 0.3) is 11.3 Å². The Bertz CT molecular complexity index is 957. The molecule has 0 spiro atoms. The van der Waals surface area contributed by atoms with E-state index in [2.05, 4.69) is 34.1 Å². The van der Waals surface area contributed by atoms with Gasteiger partial charge in [-0.2, -0.15) is 0 Å². The van der Waals surface area contributed by atoms with Gasteiger partial charge in [0.15, 0.2) is 12.2 Å². The second-order valence-electron chi connectivity index (χ2n) is 7.55. The summed E-state index contributed by atoms with van der Waals surface area (Å²) in [5, 5.41) is 0. The first-order valence-electron chi connectivity index (χ1n) is 9.96. The Labute approximate surface area is 169 Å². The number of hydrogen-bond donors (Lipinski definition) is 0. The number of piperazine rings is 1. The van der Waals surface area contributed by atoms with Gasteiger partial charge >= 0.3 is 0 Å². The van der Waals surface area contributed by atoms with E-state index < -0.39 is 0 Å². The van der Waals surface area contributed by atoms with Gasteiger partial charge in [-0.15, -0.1) is 0 Å². The van der Waals surface area contributed by atoms with E-state index in [1.54, 1.807) is 6.20 Å². The number of amides is 1. The molecule has 2 aliphatic heterocycles. The molecule has 6 heteroatoms. The van der Waals surface area contributed by atoms with Crippen molar-refractivity contribution in [3.8, 4) is 11.3 Å². The Hall–Kier alpha value is -2.96. The fourth-order valence-electron chi connectivity index (χ4n) is 4.30. The molecule has 6 nitrogen and oxygen atoms in total. The quantitative estimate of drug-likeness (QED) is 0.688. The molecule has 1 amide bonds. The molecule has 2 aliphatic rings. The Morgan fingerprint density at radius 1 is 1.00 bits per heavy atom. The number of oxazole rings is 1. The van der Waals surface area contributed by atoms with Gasteiger partial charge in [0, 0.05) is 30.8 Å². The van der Waals surface area contributed by atoms with E-state index in [9.17, 15) is 4.79 Å². The zero-order chi connectivity index (χ0) is 19.6. The smallest absolute Gasteiger partial charge is 0.253 e. The highest BCUT2D eigenvalue weighted by atomic mass is 16.5. The minimum absolute atomic E-state index is 0.0654. The lowest BCUT2D eigenvalue weighted by Crippen LogP contribution is -2.60. The summed E-state index contributed by atoms with van der Waals surface area (Å²) < 4.78 is 11.2. The van der Waals surface area contributed by atoms with E-state index in [1.807, 2.05) is 35.2 Å². The number of nitrogens with zero attached hydrogens (tertiary/aromatic N) is 3. The first-order chi connectivity index (χ1) is 14.3. The van der Waals surface area contributed by atoms with Crippen molar-refractivity contribution in [2.45, 2.75) is 12.1 Å². The molecule has 148 valence electrons. The van der Waals surface area contributed by atoms with Crippen molar-refractivity contribution >= 4 is 5.91 Å². The van der Waals surface area contributed by atoms with Crippen LogP contribution < -0.4 is 0 Å². The largest absolute Gasteiger partial charge is 0.444 e. The maximum atomic E-state index is 13.1. The molecule has 0 radical (unpaired) electrons. The van der Waals surface area contributed by atoms with E-state index in [0.717, 1.165) is 18.7 Å². The highest BCUT2D eigenvalue weighted by molar-refractivity contribution is 5.94. The fraction of sp³-hybridized carbons (Fsp3) is 0.304. The van der Waals surface area contributed by atoms with E-state index >= 15 is 0 Å². The summed E-state index contributed by atoms with van der Waals surface area (Å²) in [5.41, 5.74) is 2.88. The normalized spacial score (nSPS) is 22.3. The Morgan fingerprint density at radius 3 is 2.59 bits per heavy atom. The molecule has 2 aromatic carbocycles. The van der Waals surface area contributed by atoms with Gasteiger partial charge in [-0.1, -0.05) is 42.5 Å². The monoisotopic (exact) mass is 389 g/mol. The fourth-order valence-corrected chi connectivity index (χ4v) is 4.30. The molecular formula is C23H23N3O3. The first kappa shape index (κ1) is 18.1. The van der Waals surface area contributed by atoms with Crippen LogP contribution in [0.1, 0.15) is 22.0 Å². The molecule has 0 bridgehead atoms. The van der Waals surface area contributed by atoms with Crippen molar-refractivity contribution in [1.82, 2.24) is 14.8 Å². The van der Waals surface area contributed by atoms with Gasteiger partial charge in [0.25, 0.3) is 5.91 Å². The summed E-state index contributed by atoms with van der Waals surface area (Å²) >= 11 is 0. The molecule has 2 fully saturated rings. The molecule has 0 saturated carbocycles. The third-order valence-corrected chi connectivity index (χ3v) is 5.83. The SMILES string of the molecule is O=C(c1ccc(-c2cnco2)cc1)N1CCN2[C@@H](COC[C@@H]2c2ccccc2)C1. The second kappa shape index (κ2) is 7.81. The Morgan fingerprint density at radius 2 is 1.83 bits per heavy atom. The topological polar surface area (TPSA) is 58.8 Å². The lowest BCUT2D eigenvalue weighted by atomic mass is 9.99. The number of rotatable bonds is 3. The highest BCUT2D eigenvalue weighted by Gasteiger charge is 2.37. The number of carbonyl (C=O) groups is 1. The third-order valence-electron chi connectivity index (χ3n) is 5.83. The summed E-state index contributed by atoms with van der Waals surface area (Å²) in [5.74, 6) is 0.763. The van der Waals surface area contributed by atoms with Crippen LogP contribution >= 0.6 is 0 Å². The summed E-state index contributed by atoms with van der Waals surface area (Å²) in [6.07, 6.45) is 3.07. The second-order valence-corrected chi connectivity index (χ2v) is 7.55. The molecule has 2 atom stereocenters. The van der Waals surface area contributed by atoms with Gasteiger partial charge in [0.2, 0.25) is 0 Å². The molecule has 0 N–H and O–H groups in total. The minimum atomic E-state index is 0.0654. The van der Waals surface area contributed by atoms with Crippen LogP contribution in [0, 0.1) is 0 Å². The molecule has 0 aliphatic carbocycles. The Balaban J connectivity index is 1.28. The lowest BCUT2D eigenvalue weighted by Gasteiger charge is -2.48. The van der Waals surface area contributed by atoms with Gasteiger partial charge in [-0.25, -0.2) is 4.98 Å². The van der Waals surface area contributed by atoms with Gasteiger partial charge in [0.05, 0.1) is 31.5 Å². The zero-order valence-electron chi connectivity index (χ0n) is 16.1. The van der Waals surface area contributed by atoms with Crippen LogP contribution in [0.3, 0.4) is 0 Å². The third kappa shape index (κ3) is 3.57.